The van der Waals surface area contributed by atoms with Gasteiger partial charge in [0.2, 0.25) is 0 Å². The number of amides is 3. The van der Waals surface area contributed by atoms with Crippen LogP contribution in [0.1, 0.15) is 31.0 Å². The molecule has 1 aliphatic heterocycles. The molecular formula is C27H30N4O9. The van der Waals surface area contributed by atoms with Crippen LogP contribution in [0, 0.1) is 0 Å². The summed E-state index contributed by atoms with van der Waals surface area (Å²) in [7, 11) is 2.70. The monoisotopic (exact) mass is 554 g/mol. The van der Waals surface area contributed by atoms with Gasteiger partial charge in [0.05, 0.1) is 38.7 Å². The van der Waals surface area contributed by atoms with Crippen molar-refractivity contribution in [3.05, 3.63) is 64.9 Å². The summed E-state index contributed by atoms with van der Waals surface area (Å²) in [6.07, 6.45) is 1.43. The number of esters is 2. The number of hydrogen-bond acceptors (Lipinski definition) is 10. The lowest BCUT2D eigenvalue weighted by Gasteiger charge is -2.28. The highest BCUT2D eigenvalue weighted by molar-refractivity contribution is 5.95. The number of urea groups is 1. The fraction of sp³-hybridized carbons (Fsp3) is 0.296. The molecule has 0 bridgehead atoms. The van der Waals surface area contributed by atoms with Gasteiger partial charge in [0.15, 0.2) is 24.7 Å². The first-order chi connectivity index (χ1) is 19.2. The van der Waals surface area contributed by atoms with Crippen molar-refractivity contribution >= 4 is 30.1 Å². The molecule has 3 amide bonds. The Morgan fingerprint density at radius 3 is 2.45 bits per heavy atom. The standard InChI is InChI=1S/C27H30N4O9/c1-5-38-26(34)24-16(2)29-27(35)30-25(24)18-8-11-20(21(12-18)36-3)40-14-22(32)31-28-13-17-6-9-19(10-7-17)39-15-23(33)37-4/h6-13,25H,5,14-15H2,1-4H3,(H,31,32)(H2,29,30,35)/b28-13-/t25-/m0/s1. The number of ether oxygens (including phenoxy) is 5. The van der Waals surface area contributed by atoms with Gasteiger partial charge in [-0.2, -0.15) is 5.10 Å². The Labute approximate surface area is 230 Å². The fourth-order valence-electron chi connectivity index (χ4n) is 3.61. The zero-order valence-corrected chi connectivity index (χ0v) is 22.4. The molecule has 13 nitrogen and oxygen atoms in total. The Morgan fingerprint density at radius 2 is 1.77 bits per heavy atom. The number of rotatable bonds is 12. The molecule has 2 aromatic rings. The maximum absolute atomic E-state index is 12.5. The lowest BCUT2D eigenvalue weighted by Crippen LogP contribution is -2.45. The Morgan fingerprint density at radius 1 is 1.02 bits per heavy atom. The van der Waals surface area contributed by atoms with E-state index >= 15 is 0 Å². The quantitative estimate of drug-likeness (QED) is 0.202. The third-order valence-electron chi connectivity index (χ3n) is 5.51. The predicted molar refractivity (Wildman–Crippen MR) is 142 cm³/mol. The summed E-state index contributed by atoms with van der Waals surface area (Å²) >= 11 is 0. The summed E-state index contributed by atoms with van der Waals surface area (Å²) in [5.74, 6) is -0.532. The Kier molecular flexibility index (Phi) is 10.5. The average molecular weight is 555 g/mol. The molecule has 1 heterocycles. The lowest BCUT2D eigenvalue weighted by atomic mass is 9.95. The molecule has 212 valence electrons. The van der Waals surface area contributed by atoms with Gasteiger partial charge in [-0.3, -0.25) is 4.79 Å². The molecule has 0 spiro atoms. The van der Waals surface area contributed by atoms with Crippen molar-refractivity contribution in [3.8, 4) is 17.2 Å². The first kappa shape index (κ1) is 29.5. The summed E-state index contributed by atoms with van der Waals surface area (Å²) in [5.41, 5.74) is 4.24. The van der Waals surface area contributed by atoms with Gasteiger partial charge in [0.25, 0.3) is 5.91 Å². The third-order valence-corrected chi connectivity index (χ3v) is 5.51. The molecule has 0 aliphatic carbocycles. The van der Waals surface area contributed by atoms with Crippen molar-refractivity contribution in [2.45, 2.75) is 19.9 Å². The van der Waals surface area contributed by atoms with Crippen LogP contribution < -0.4 is 30.3 Å². The van der Waals surface area contributed by atoms with Gasteiger partial charge < -0.3 is 34.3 Å². The van der Waals surface area contributed by atoms with Gasteiger partial charge in [-0.25, -0.2) is 19.8 Å². The first-order valence-corrected chi connectivity index (χ1v) is 12.1. The van der Waals surface area contributed by atoms with Crippen molar-refractivity contribution in [2.24, 2.45) is 5.10 Å². The van der Waals surface area contributed by atoms with Gasteiger partial charge in [-0.05, 0) is 61.4 Å². The average Bonchev–Trinajstić information content (AvgIpc) is 2.95. The topological polar surface area (TPSA) is 163 Å². The van der Waals surface area contributed by atoms with Crippen molar-refractivity contribution in [3.63, 3.8) is 0 Å². The van der Waals surface area contributed by atoms with E-state index in [0.717, 1.165) is 0 Å². The number of benzene rings is 2. The summed E-state index contributed by atoms with van der Waals surface area (Å²) in [5, 5.41) is 9.19. The molecule has 0 saturated carbocycles. The molecule has 0 fully saturated rings. The van der Waals surface area contributed by atoms with Gasteiger partial charge in [-0.1, -0.05) is 6.07 Å². The molecule has 3 rings (SSSR count). The second-order valence-corrected chi connectivity index (χ2v) is 8.22. The van der Waals surface area contributed by atoms with Crippen LogP contribution in [0.4, 0.5) is 4.79 Å². The van der Waals surface area contributed by atoms with Crippen molar-refractivity contribution < 1.29 is 42.9 Å². The minimum atomic E-state index is -0.776. The molecule has 0 unspecified atom stereocenters. The van der Waals surface area contributed by atoms with Gasteiger partial charge >= 0.3 is 18.0 Å². The van der Waals surface area contributed by atoms with Crippen LogP contribution in [-0.4, -0.2) is 64.1 Å². The van der Waals surface area contributed by atoms with E-state index in [4.69, 9.17) is 18.9 Å². The van der Waals surface area contributed by atoms with E-state index in [1.54, 1.807) is 56.3 Å². The largest absolute Gasteiger partial charge is 0.493 e. The van der Waals surface area contributed by atoms with Crippen molar-refractivity contribution in [2.75, 3.05) is 34.0 Å². The van der Waals surface area contributed by atoms with Gasteiger partial charge in [0.1, 0.15) is 5.75 Å². The lowest BCUT2D eigenvalue weighted by molar-refractivity contribution is -0.143. The summed E-state index contributed by atoms with van der Waals surface area (Å²) in [6.45, 7) is 2.93. The summed E-state index contributed by atoms with van der Waals surface area (Å²) < 4.78 is 25.9. The number of nitrogens with one attached hydrogen (secondary N) is 3. The molecule has 0 radical (unpaired) electrons. The molecule has 2 aromatic carbocycles. The van der Waals surface area contributed by atoms with Crippen LogP contribution in [0.3, 0.4) is 0 Å². The number of methoxy groups -OCH3 is 2. The number of carbonyl (C=O) groups excluding carboxylic acids is 4. The highest BCUT2D eigenvalue weighted by Crippen LogP contribution is 2.34. The minimum absolute atomic E-state index is 0.179. The van der Waals surface area contributed by atoms with Crippen LogP contribution >= 0.6 is 0 Å². The smallest absolute Gasteiger partial charge is 0.343 e. The van der Waals surface area contributed by atoms with Crippen LogP contribution in [0.25, 0.3) is 0 Å². The van der Waals surface area contributed by atoms with E-state index in [-0.39, 0.29) is 36.9 Å². The maximum atomic E-state index is 12.5. The number of carbonyl (C=O) groups is 4. The van der Waals surface area contributed by atoms with Crippen LogP contribution in [0.2, 0.25) is 0 Å². The SMILES string of the molecule is CCOC(=O)C1=C(C)NC(=O)N[C@H]1c1ccc(OCC(=O)N/N=C\c2ccc(OCC(=O)OC)cc2)c(OC)c1. The van der Waals surface area contributed by atoms with Crippen LogP contribution in [0.5, 0.6) is 17.2 Å². The Hall–Kier alpha value is -5.07. The second kappa shape index (κ2) is 14.2. The van der Waals surface area contributed by atoms with Crippen molar-refractivity contribution in [1.29, 1.82) is 0 Å². The number of hydrogen-bond donors (Lipinski definition) is 3. The molecule has 13 heteroatoms. The molecule has 3 N–H and O–H groups in total. The molecule has 1 aliphatic rings. The Bertz CT molecular complexity index is 1310. The van der Waals surface area contributed by atoms with E-state index in [1.165, 1.54) is 20.4 Å². The zero-order chi connectivity index (χ0) is 29.1. The molecule has 1 atom stereocenters. The predicted octanol–water partition coefficient (Wildman–Crippen LogP) is 1.97. The maximum Gasteiger partial charge on any atom is 0.343 e. The number of nitrogens with zero attached hydrogens (tertiary/aromatic N) is 1. The first-order valence-electron chi connectivity index (χ1n) is 12.1. The third kappa shape index (κ3) is 7.96. The second-order valence-electron chi connectivity index (χ2n) is 8.22. The normalized spacial score (nSPS) is 14.6. The molecule has 0 aromatic heterocycles. The van der Waals surface area contributed by atoms with Crippen LogP contribution in [0.15, 0.2) is 58.8 Å². The van der Waals surface area contributed by atoms with E-state index in [9.17, 15) is 19.2 Å². The van der Waals surface area contributed by atoms with Crippen LogP contribution in [-0.2, 0) is 23.9 Å². The van der Waals surface area contributed by atoms with Crippen molar-refractivity contribution in [1.82, 2.24) is 16.1 Å². The minimum Gasteiger partial charge on any atom is -0.493 e. The zero-order valence-electron chi connectivity index (χ0n) is 22.4. The number of hydrazone groups is 1. The molecule has 0 saturated heterocycles. The van der Waals surface area contributed by atoms with Gasteiger partial charge in [-0.15, -0.1) is 0 Å². The van der Waals surface area contributed by atoms with Gasteiger partial charge in [0, 0.05) is 5.70 Å². The highest BCUT2D eigenvalue weighted by Gasteiger charge is 2.32. The fourth-order valence-corrected chi connectivity index (χ4v) is 3.61. The Balaban J connectivity index is 1.59. The molecular weight excluding hydrogens is 524 g/mol. The van der Waals surface area contributed by atoms with E-state index < -0.39 is 29.9 Å². The summed E-state index contributed by atoms with van der Waals surface area (Å²) in [6, 6.07) is 10.3. The number of allylic oxidation sites excluding steroid dienone is 1. The van der Waals surface area contributed by atoms with E-state index in [2.05, 4.69) is 25.9 Å². The molecule has 40 heavy (non-hydrogen) atoms. The van der Waals surface area contributed by atoms with E-state index in [1.807, 2.05) is 0 Å². The highest BCUT2D eigenvalue weighted by atomic mass is 16.6. The summed E-state index contributed by atoms with van der Waals surface area (Å²) in [4.78, 5) is 48.0. The van der Waals surface area contributed by atoms with E-state index in [0.29, 0.717) is 22.6 Å².